The van der Waals surface area contributed by atoms with E-state index in [1.165, 1.54) is 0 Å². The zero-order chi connectivity index (χ0) is 20.9. The molecule has 0 bridgehead atoms. The lowest BCUT2D eigenvalue weighted by Crippen LogP contribution is -2.31. The summed E-state index contributed by atoms with van der Waals surface area (Å²) in [7, 11) is -4.66. The Morgan fingerprint density at radius 2 is 1.82 bits per heavy atom. The van der Waals surface area contributed by atoms with Gasteiger partial charge < -0.3 is 5.32 Å². The first-order valence-corrected chi connectivity index (χ1v) is 9.06. The lowest BCUT2D eigenvalue weighted by atomic mass is 10.2. The first kappa shape index (κ1) is 20.8. The van der Waals surface area contributed by atoms with Gasteiger partial charge in [-0.2, -0.15) is 13.5 Å². The summed E-state index contributed by atoms with van der Waals surface area (Å²) in [5, 5.41) is 20.7. The van der Waals surface area contributed by atoms with Crippen LogP contribution in [0.1, 0.15) is 6.92 Å². The van der Waals surface area contributed by atoms with E-state index in [2.05, 4.69) is 15.5 Å². The number of anilines is 1. The molecule has 0 aromatic heterocycles. The Balaban J connectivity index is 2.33. The van der Waals surface area contributed by atoms with Crippen molar-refractivity contribution in [3.05, 3.63) is 58.6 Å². The highest BCUT2D eigenvalue weighted by atomic mass is 32.2. The van der Waals surface area contributed by atoms with Gasteiger partial charge in [0.25, 0.3) is 21.7 Å². The van der Waals surface area contributed by atoms with Crippen LogP contribution in [0.4, 0.5) is 17.1 Å². The van der Waals surface area contributed by atoms with Crippen molar-refractivity contribution in [3.8, 4) is 0 Å². The molecule has 1 amide bonds. The summed E-state index contributed by atoms with van der Waals surface area (Å²) in [6.45, 7) is 1.10. The summed E-state index contributed by atoms with van der Waals surface area (Å²) < 4.78 is 31.2. The number of hydrogen-bond acceptors (Lipinski definition) is 8. The Bertz CT molecular complexity index is 1050. The van der Waals surface area contributed by atoms with Crippen LogP contribution in [-0.2, 0) is 19.7 Å². The number of nitro benzene ring substituents is 1. The molecule has 2 rings (SSSR count). The van der Waals surface area contributed by atoms with E-state index in [0.717, 1.165) is 19.1 Å². The van der Waals surface area contributed by atoms with Gasteiger partial charge in [-0.3, -0.25) is 24.3 Å². The Morgan fingerprint density at radius 3 is 2.36 bits per heavy atom. The van der Waals surface area contributed by atoms with E-state index in [1.807, 2.05) is 0 Å². The van der Waals surface area contributed by atoms with Crippen molar-refractivity contribution in [3.63, 3.8) is 0 Å². The highest BCUT2D eigenvalue weighted by molar-refractivity contribution is 7.85. The van der Waals surface area contributed by atoms with Crippen molar-refractivity contribution >= 4 is 38.9 Å². The quantitative estimate of drug-likeness (QED) is 0.234. The molecule has 1 atom stereocenters. The SMILES string of the molecule is CC(=O)C(N=Nc1ccc(S(=O)(=O)O)cc1[N+](=O)[O-])C(=O)Nc1ccccc1. The van der Waals surface area contributed by atoms with Gasteiger partial charge in [0.1, 0.15) is 4.90 Å². The highest BCUT2D eigenvalue weighted by Crippen LogP contribution is 2.30. The molecule has 2 N–H and O–H groups in total. The standard InChI is InChI=1S/C16H14N4O7S/c1-10(21)15(16(22)17-11-5-3-2-4-6-11)19-18-13-8-7-12(28(25,26)27)9-14(13)20(23)24/h2-9,15H,1H3,(H,17,22)(H,25,26,27). The Morgan fingerprint density at radius 1 is 1.18 bits per heavy atom. The number of nitro groups is 1. The number of carbonyl (C=O) groups excluding carboxylic acids is 2. The van der Waals surface area contributed by atoms with E-state index in [9.17, 15) is 28.1 Å². The van der Waals surface area contributed by atoms with Crippen LogP contribution in [0.15, 0.2) is 63.7 Å². The monoisotopic (exact) mass is 406 g/mol. The fourth-order valence-corrected chi connectivity index (χ4v) is 2.57. The van der Waals surface area contributed by atoms with Crippen molar-refractivity contribution in [2.45, 2.75) is 17.9 Å². The third kappa shape index (κ3) is 5.25. The normalized spacial score (nSPS) is 12.5. The van der Waals surface area contributed by atoms with Crippen LogP contribution in [-0.4, -0.2) is 35.6 Å². The van der Waals surface area contributed by atoms with Crippen molar-refractivity contribution in [2.75, 3.05) is 5.32 Å². The molecule has 2 aromatic rings. The first-order valence-electron chi connectivity index (χ1n) is 7.62. The van der Waals surface area contributed by atoms with Crippen LogP contribution in [0, 0.1) is 10.1 Å². The lowest BCUT2D eigenvalue weighted by Gasteiger charge is -2.09. The van der Waals surface area contributed by atoms with Crippen molar-refractivity contribution < 1.29 is 27.5 Å². The number of nitrogens with zero attached hydrogens (tertiary/aromatic N) is 3. The number of carbonyl (C=O) groups is 2. The third-order valence-corrected chi connectivity index (χ3v) is 4.25. The fraction of sp³-hybridized carbons (Fsp3) is 0.125. The zero-order valence-corrected chi connectivity index (χ0v) is 15.2. The van der Waals surface area contributed by atoms with Gasteiger partial charge in [0.15, 0.2) is 11.5 Å². The second-order valence-electron chi connectivity index (χ2n) is 5.47. The predicted molar refractivity (Wildman–Crippen MR) is 97.0 cm³/mol. The number of rotatable bonds is 7. The molecule has 0 heterocycles. The van der Waals surface area contributed by atoms with Gasteiger partial charge in [0.2, 0.25) is 6.04 Å². The second kappa shape index (κ2) is 8.45. The van der Waals surface area contributed by atoms with Crippen molar-refractivity contribution in [1.29, 1.82) is 0 Å². The van der Waals surface area contributed by atoms with E-state index < -0.39 is 49.0 Å². The molecule has 0 aliphatic rings. The molecule has 0 saturated carbocycles. The van der Waals surface area contributed by atoms with E-state index in [1.54, 1.807) is 30.3 Å². The zero-order valence-electron chi connectivity index (χ0n) is 14.3. The van der Waals surface area contributed by atoms with Crippen LogP contribution in [0.3, 0.4) is 0 Å². The molecule has 11 nitrogen and oxygen atoms in total. The number of para-hydroxylation sites is 1. The number of benzene rings is 2. The molecule has 146 valence electrons. The minimum Gasteiger partial charge on any atom is -0.324 e. The summed E-state index contributed by atoms with van der Waals surface area (Å²) in [5.74, 6) is -1.45. The predicted octanol–water partition coefficient (Wildman–Crippen LogP) is 2.52. The molecule has 0 spiro atoms. The molecule has 0 radical (unpaired) electrons. The van der Waals surface area contributed by atoms with E-state index in [-0.39, 0.29) is 0 Å². The second-order valence-corrected chi connectivity index (χ2v) is 6.89. The average molecular weight is 406 g/mol. The summed E-state index contributed by atoms with van der Waals surface area (Å²) in [6, 6.07) is 9.07. The average Bonchev–Trinajstić information content (AvgIpc) is 2.61. The number of nitrogens with one attached hydrogen (secondary N) is 1. The molecule has 0 aliphatic heterocycles. The Hall–Kier alpha value is -3.51. The van der Waals surface area contributed by atoms with Gasteiger partial charge >= 0.3 is 0 Å². The number of hydrogen-bond donors (Lipinski definition) is 2. The third-order valence-electron chi connectivity index (χ3n) is 3.40. The molecule has 0 aliphatic carbocycles. The Labute approximate surface area is 159 Å². The van der Waals surface area contributed by atoms with Crippen molar-refractivity contribution in [2.24, 2.45) is 10.2 Å². The highest BCUT2D eigenvalue weighted by Gasteiger charge is 2.25. The Kier molecular flexibility index (Phi) is 6.28. The topological polar surface area (TPSA) is 168 Å². The smallest absolute Gasteiger partial charge is 0.298 e. The molecular weight excluding hydrogens is 392 g/mol. The van der Waals surface area contributed by atoms with Crippen LogP contribution in [0.2, 0.25) is 0 Å². The van der Waals surface area contributed by atoms with Crippen LogP contribution < -0.4 is 5.32 Å². The lowest BCUT2D eigenvalue weighted by molar-refractivity contribution is -0.384. The number of azo groups is 1. The number of Topliss-reactive ketones (excluding diaryl/α,β-unsaturated/α-hetero) is 1. The molecule has 28 heavy (non-hydrogen) atoms. The molecule has 0 fully saturated rings. The van der Waals surface area contributed by atoms with Gasteiger partial charge in [0.05, 0.1) is 4.92 Å². The van der Waals surface area contributed by atoms with Crippen molar-refractivity contribution in [1.82, 2.24) is 0 Å². The molecule has 2 aromatic carbocycles. The number of amides is 1. The van der Waals surface area contributed by atoms with Crippen LogP contribution in [0.5, 0.6) is 0 Å². The van der Waals surface area contributed by atoms with E-state index in [0.29, 0.717) is 11.8 Å². The van der Waals surface area contributed by atoms with Gasteiger partial charge in [0, 0.05) is 11.8 Å². The maximum atomic E-state index is 12.2. The summed E-state index contributed by atoms with van der Waals surface area (Å²) in [6.07, 6.45) is 0. The molecule has 1 unspecified atom stereocenters. The van der Waals surface area contributed by atoms with E-state index >= 15 is 0 Å². The molecular formula is C16H14N4O7S. The van der Waals surface area contributed by atoms with Crippen LogP contribution >= 0.6 is 0 Å². The summed E-state index contributed by atoms with van der Waals surface area (Å²) >= 11 is 0. The maximum absolute atomic E-state index is 12.2. The maximum Gasteiger partial charge on any atom is 0.298 e. The van der Waals surface area contributed by atoms with Gasteiger partial charge in [-0.05, 0) is 31.2 Å². The van der Waals surface area contributed by atoms with Gasteiger partial charge in [-0.15, -0.1) is 5.11 Å². The minimum atomic E-state index is -4.66. The largest absolute Gasteiger partial charge is 0.324 e. The van der Waals surface area contributed by atoms with Gasteiger partial charge in [-0.25, -0.2) is 0 Å². The van der Waals surface area contributed by atoms with E-state index in [4.69, 9.17) is 4.55 Å². The number of ketones is 1. The van der Waals surface area contributed by atoms with Gasteiger partial charge in [-0.1, -0.05) is 18.2 Å². The molecule has 0 saturated heterocycles. The summed E-state index contributed by atoms with van der Waals surface area (Å²) in [5.41, 5.74) is -0.752. The first-order chi connectivity index (χ1) is 13.1. The fourth-order valence-electron chi connectivity index (χ4n) is 2.06. The molecule has 12 heteroatoms. The minimum absolute atomic E-state index is 0.392. The summed E-state index contributed by atoms with van der Waals surface area (Å²) in [4.78, 5) is 33.5. The van der Waals surface area contributed by atoms with Crippen LogP contribution in [0.25, 0.3) is 0 Å².